The van der Waals surface area contributed by atoms with Gasteiger partial charge in [-0.15, -0.1) is 0 Å². The standard InChI is InChI=1S/C14H23N5O8S/c15-6(4-17-10(21)2-1-9(16)20)12(24)18-7(3-11(22)23)13(25)19-8(5-28)14(26)27/h6-8,28H,1-5,15H2,(H2,16,20)(H,17,21)(H,18,24)(H,19,25)(H,22,23)(H,26,27)/t6-,7-,8?/m0/s1. The van der Waals surface area contributed by atoms with Crippen molar-refractivity contribution in [2.45, 2.75) is 37.4 Å². The summed E-state index contributed by atoms with van der Waals surface area (Å²) in [6, 6.07) is -4.31. The number of nitrogens with two attached hydrogens (primary N) is 2. The SMILES string of the molecule is NC(=O)CCC(=O)NC[C@H](N)C(=O)N[C@@H](CC(=O)O)C(=O)NC(CS)C(=O)O. The van der Waals surface area contributed by atoms with E-state index in [4.69, 9.17) is 21.7 Å². The second kappa shape index (κ2) is 12.5. The Labute approximate surface area is 165 Å². The molecule has 14 heteroatoms. The lowest BCUT2D eigenvalue weighted by molar-refractivity contribution is -0.143. The van der Waals surface area contributed by atoms with Gasteiger partial charge in [-0.05, 0) is 0 Å². The first-order valence-electron chi connectivity index (χ1n) is 7.94. The third kappa shape index (κ3) is 10.3. The Morgan fingerprint density at radius 1 is 0.929 bits per heavy atom. The van der Waals surface area contributed by atoms with Crippen molar-refractivity contribution in [3.63, 3.8) is 0 Å². The predicted molar refractivity (Wildman–Crippen MR) is 97.0 cm³/mol. The van der Waals surface area contributed by atoms with Crippen LogP contribution in [0.3, 0.4) is 0 Å². The van der Waals surface area contributed by atoms with Crippen LogP contribution in [0.2, 0.25) is 0 Å². The van der Waals surface area contributed by atoms with Gasteiger partial charge in [-0.1, -0.05) is 0 Å². The van der Waals surface area contributed by atoms with Crippen LogP contribution in [0.4, 0.5) is 0 Å². The van der Waals surface area contributed by atoms with Crippen LogP contribution in [0.15, 0.2) is 0 Å². The van der Waals surface area contributed by atoms with Crippen LogP contribution in [-0.2, 0) is 28.8 Å². The van der Waals surface area contributed by atoms with Crippen LogP contribution in [0.1, 0.15) is 19.3 Å². The first-order valence-corrected chi connectivity index (χ1v) is 8.57. The fraction of sp³-hybridized carbons (Fsp3) is 0.571. The first-order chi connectivity index (χ1) is 13.0. The van der Waals surface area contributed by atoms with Gasteiger partial charge in [0.15, 0.2) is 0 Å². The number of hydrogen-bond donors (Lipinski definition) is 8. The van der Waals surface area contributed by atoms with E-state index in [0.29, 0.717) is 0 Å². The minimum absolute atomic E-state index is 0.190. The van der Waals surface area contributed by atoms with E-state index < -0.39 is 60.1 Å². The quantitative estimate of drug-likeness (QED) is 0.136. The van der Waals surface area contributed by atoms with Crippen LogP contribution < -0.4 is 27.4 Å². The Morgan fingerprint density at radius 3 is 1.96 bits per heavy atom. The van der Waals surface area contributed by atoms with Gasteiger partial charge in [0, 0.05) is 25.1 Å². The molecule has 0 fully saturated rings. The Hall–Kier alpha value is -2.87. The van der Waals surface area contributed by atoms with Gasteiger partial charge in [0.05, 0.1) is 6.42 Å². The Bertz CT molecular complexity index is 629. The second-order valence-corrected chi connectivity index (χ2v) is 5.98. The summed E-state index contributed by atoms with van der Waals surface area (Å²) in [5.41, 5.74) is 10.5. The minimum Gasteiger partial charge on any atom is -0.481 e. The van der Waals surface area contributed by atoms with E-state index in [2.05, 4.69) is 23.3 Å². The van der Waals surface area contributed by atoms with Gasteiger partial charge in [0.2, 0.25) is 23.6 Å². The molecule has 0 saturated carbocycles. The number of carboxylic acid groups (broad SMARTS) is 2. The molecule has 0 bridgehead atoms. The van der Waals surface area contributed by atoms with E-state index in [1.54, 1.807) is 0 Å². The maximum Gasteiger partial charge on any atom is 0.327 e. The zero-order valence-corrected chi connectivity index (χ0v) is 15.6. The van der Waals surface area contributed by atoms with Gasteiger partial charge >= 0.3 is 11.9 Å². The molecular weight excluding hydrogens is 398 g/mol. The molecule has 13 nitrogen and oxygen atoms in total. The van der Waals surface area contributed by atoms with E-state index in [9.17, 15) is 28.8 Å². The monoisotopic (exact) mass is 421 g/mol. The molecule has 0 aliphatic carbocycles. The highest BCUT2D eigenvalue weighted by Gasteiger charge is 2.29. The van der Waals surface area contributed by atoms with Gasteiger partial charge in [-0.2, -0.15) is 12.6 Å². The minimum atomic E-state index is -1.59. The normalized spacial score (nSPS) is 13.5. The number of rotatable bonds is 13. The number of thiol groups is 1. The van der Waals surface area contributed by atoms with Crippen LogP contribution in [-0.4, -0.2) is 76.2 Å². The molecule has 0 aromatic carbocycles. The van der Waals surface area contributed by atoms with E-state index in [1.807, 2.05) is 5.32 Å². The van der Waals surface area contributed by atoms with Crippen LogP contribution >= 0.6 is 12.6 Å². The van der Waals surface area contributed by atoms with E-state index in [1.165, 1.54) is 0 Å². The van der Waals surface area contributed by atoms with Crippen molar-refractivity contribution in [2.75, 3.05) is 12.3 Å². The fourth-order valence-corrected chi connectivity index (χ4v) is 2.01. The maximum absolute atomic E-state index is 12.1. The van der Waals surface area contributed by atoms with Crippen molar-refractivity contribution in [2.24, 2.45) is 11.5 Å². The molecule has 0 radical (unpaired) electrons. The molecule has 4 amide bonds. The fourth-order valence-electron chi connectivity index (χ4n) is 1.76. The molecule has 0 aromatic heterocycles. The van der Waals surface area contributed by atoms with Crippen molar-refractivity contribution >= 4 is 48.2 Å². The molecule has 0 spiro atoms. The molecule has 1 unspecified atom stereocenters. The molecule has 0 heterocycles. The second-order valence-electron chi connectivity index (χ2n) is 5.62. The van der Waals surface area contributed by atoms with Crippen LogP contribution in [0.5, 0.6) is 0 Å². The third-order valence-electron chi connectivity index (χ3n) is 3.26. The number of carboxylic acids is 2. The Morgan fingerprint density at radius 2 is 1.50 bits per heavy atom. The van der Waals surface area contributed by atoms with E-state index >= 15 is 0 Å². The highest BCUT2D eigenvalue weighted by Crippen LogP contribution is 1.98. The Balaban J connectivity index is 4.80. The largest absolute Gasteiger partial charge is 0.481 e. The number of carbonyl (C=O) groups is 6. The highest BCUT2D eigenvalue weighted by molar-refractivity contribution is 7.80. The molecule has 28 heavy (non-hydrogen) atoms. The number of hydrogen-bond acceptors (Lipinski definition) is 8. The Kier molecular flexibility index (Phi) is 11.2. The maximum atomic E-state index is 12.1. The lowest BCUT2D eigenvalue weighted by atomic mass is 10.1. The number of carbonyl (C=O) groups excluding carboxylic acids is 4. The number of primary amides is 1. The average molecular weight is 421 g/mol. The highest BCUT2D eigenvalue weighted by atomic mass is 32.1. The molecule has 158 valence electrons. The lowest BCUT2D eigenvalue weighted by Crippen LogP contribution is -2.57. The molecule has 0 aliphatic heterocycles. The summed E-state index contributed by atoms with van der Waals surface area (Å²) in [4.78, 5) is 68.0. The van der Waals surface area contributed by atoms with Crippen molar-refractivity contribution in [3.8, 4) is 0 Å². The molecule has 0 rings (SSSR count). The molecule has 9 N–H and O–H groups in total. The zero-order chi connectivity index (χ0) is 21.9. The third-order valence-corrected chi connectivity index (χ3v) is 3.63. The van der Waals surface area contributed by atoms with Crippen molar-refractivity contribution < 1.29 is 39.0 Å². The topological polar surface area (TPSA) is 231 Å². The number of aliphatic carboxylic acids is 2. The van der Waals surface area contributed by atoms with Crippen molar-refractivity contribution in [3.05, 3.63) is 0 Å². The van der Waals surface area contributed by atoms with Crippen LogP contribution in [0, 0.1) is 0 Å². The lowest BCUT2D eigenvalue weighted by Gasteiger charge is -2.21. The summed E-state index contributed by atoms with van der Waals surface area (Å²) < 4.78 is 0. The summed E-state index contributed by atoms with van der Waals surface area (Å²) in [5, 5.41) is 24.2. The number of nitrogens with one attached hydrogen (secondary N) is 3. The van der Waals surface area contributed by atoms with Gasteiger partial charge in [-0.3, -0.25) is 24.0 Å². The van der Waals surface area contributed by atoms with Gasteiger partial charge < -0.3 is 37.6 Å². The van der Waals surface area contributed by atoms with Crippen molar-refractivity contribution in [1.82, 2.24) is 16.0 Å². The summed E-state index contributed by atoms with van der Waals surface area (Å²) in [7, 11) is 0. The van der Waals surface area contributed by atoms with Crippen molar-refractivity contribution in [1.29, 1.82) is 0 Å². The summed E-state index contributed by atoms with van der Waals surface area (Å²) in [5.74, 6) is -6.33. The average Bonchev–Trinajstić information content (AvgIpc) is 2.60. The first kappa shape index (κ1) is 25.1. The molecule has 3 atom stereocenters. The summed E-state index contributed by atoms with van der Waals surface area (Å²) in [6.45, 7) is -0.348. The summed E-state index contributed by atoms with van der Waals surface area (Å²) >= 11 is 3.76. The summed E-state index contributed by atoms with van der Waals surface area (Å²) in [6.07, 6.45) is -1.22. The van der Waals surface area contributed by atoms with E-state index in [0.717, 1.165) is 0 Å². The number of amides is 4. The molecular formula is C14H23N5O8S. The van der Waals surface area contributed by atoms with Crippen LogP contribution in [0.25, 0.3) is 0 Å². The molecule has 0 saturated heterocycles. The molecule has 0 aromatic rings. The smallest absolute Gasteiger partial charge is 0.327 e. The molecule has 0 aliphatic rings. The van der Waals surface area contributed by atoms with Gasteiger partial charge in [-0.25, -0.2) is 4.79 Å². The zero-order valence-electron chi connectivity index (χ0n) is 14.7. The van der Waals surface area contributed by atoms with Gasteiger partial charge in [0.25, 0.3) is 0 Å². The predicted octanol–water partition coefficient (Wildman–Crippen LogP) is -3.85. The van der Waals surface area contributed by atoms with Gasteiger partial charge in [0.1, 0.15) is 18.1 Å². The van der Waals surface area contributed by atoms with E-state index in [-0.39, 0.29) is 25.1 Å².